The summed E-state index contributed by atoms with van der Waals surface area (Å²) < 4.78 is 0. The van der Waals surface area contributed by atoms with Gasteiger partial charge in [-0.2, -0.15) is 0 Å². The van der Waals surface area contributed by atoms with Crippen LogP contribution in [0.2, 0.25) is 0 Å². The molecule has 0 bridgehead atoms. The first-order valence-corrected chi connectivity index (χ1v) is 6.93. The summed E-state index contributed by atoms with van der Waals surface area (Å²) in [5.74, 6) is 0. The van der Waals surface area contributed by atoms with Crippen LogP contribution in [0.4, 0.5) is 10.5 Å². The SMILES string of the molecule is Cc1ccccc1CNC(=O)Nc1cccc(C(C)O)c1. The van der Waals surface area contributed by atoms with Crippen LogP contribution in [0.1, 0.15) is 29.7 Å². The summed E-state index contributed by atoms with van der Waals surface area (Å²) in [6.45, 7) is 4.19. The highest BCUT2D eigenvalue weighted by Crippen LogP contribution is 2.16. The highest BCUT2D eigenvalue weighted by Gasteiger charge is 2.05. The minimum atomic E-state index is -0.554. The molecule has 0 aliphatic carbocycles. The standard InChI is InChI=1S/C17H20N2O2/c1-12-6-3-4-7-15(12)11-18-17(21)19-16-9-5-8-14(10-16)13(2)20/h3-10,13,20H,11H2,1-2H3,(H2,18,19,21). The molecule has 1 unspecified atom stereocenters. The fourth-order valence-corrected chi connectivity index (χ4v) is 2.04. The van der Waals surface area contributed by atoms with Crippen molar-refractivity contribution in [2.24, 2.45) is 0 Å². The number of anilines is 1. The molecule has 0 spiro atoms. The normalized spacial score (nSPS) is 11.8. The zero-order valence-electron chi connectivity index (χ0n) is 12.3. The van der Waals surface area contributed by atoms with Crippen LogP contribution >= 0.6 is 0 Å². The number of aliphatic hydroxyl groups is 1. The maximum absolute atomic E-state index is 11.9. The molecule has 110 valence electrons. The summed E-state index contributed by atoms with van der Waals surface area (Å²) >= 11 is 0. The van der Waals surface area contributed by atoms with Crippen molar-refractivity contribution in [1.82, 2.24) is 5.32 Å². The average molecular weight is 284 g/mol. The first-order chi connectivity index (χ1) is 10.1. The van der Waals surface area contributed by atoms with E-state index >= 15 is 0 Å². The Hall–Kier alpha value is -2.33. The lowest BCUT2D eigenvalue weighted by atomic mass is 10.1. The van der Waals surface area contributed by atoms with Gasteiger partial charge in [0.05, 0.1) is 6.10 Å². The smallest absolute Gasteiger partial charge is 0.319 e. The van der Waals surface area contributed by atoms with Gasteiger partial charge >= 0.3 is 6.03 Å². The van der Waals surface area contributed by atoms with Gasteiger partial charge in [0.25, 0.3) is 0 Å². The van der Waals surface area contributed by atoms with Crippen LogP contribution in [0.15, 0.2) is 48.5 Å². The number of aryl methyl sites for hydroxylation is 1. The Kier molecular flexibility index (Phi) is 4.95. The molecule has 1 atom stereocenters. The summed E-state index contributed by atoms with van der Waals surface area (Å²) in [4.78, 5) is 11.9. The van der Waals surface area contributed by atoms with Crippen molar-refractivity contribution >= 4 is 11.7 Å². The lowest BCUT2D eigenvalue weighted by molar-refractivity contribution is 0.199. The summed E-state index contributed by atoms with van der Waals surface area (Å²) in [5, 5.41) is 15.1. The number of hydrogen-bond donors (Lipinski definition) is 3. The summed E-state index contributed by atoms with van der Waals surface area (Å²) in [6, 6.07) is 14.8. The predicted molar refractivity (Wildman–Crippen MR) is 84.1 cm³/mol. The predicted octanol–water partition coefficient (Wildman–Crippen LogP) is 3.37. The van der Waals surface area contributed by atoms with Crippen LogP contribution < -0.4 is 10.6 Å². The molecule has 0 radical (unpaired) electrons. The lowest BCUT2D eigenvalue weighted by Crippen LogP contribution is -2.28. The number of carbonyl (C=O) groups excluding carboxylic acids is 1. The second-order valence-electron chi connectivity index (χ2n) is 5.04. The Morgan fingerprint density at radius 2 is 1.95 bits per heavy atom. The first-order valence-electron chi connectivity index (χ1n) is 6.93. The minimum Gasteiger partial charge on any atom is -0.389 e. The van der Waals surface area contributed by atoms with E-state index in [-0.39, 0.29) is 6.03 Å². The molecule has 0 aliphatic rings. The van der Waals surface area contributed by atoms with Gasteiger partial charge in [0, 0.05) is 12.2 Å². The van der Waals surface area contributed by atoms with Gasteiger partial charge < -0.3 is 15.7 Å². The Morgan fingerprint density at radius 3 is 2.67 bits per heavy atom. The number of benzene rings is 2. The van der Waals surface area contributed by atoms with Crippen LogP contribution in [-0.4, -0.2) is 11.1 Å². The van der Waals surface area contributed by atoms with Crippen LogP contribution in [0.3, 0.4) is 0 Å². The molecule has 21 heavy (non-hydrogen) atoms. The molecule has 4 heteroatoms. The molecule has 0 aliphatic heterocycles. The van der Waals surface area contributed by atoms with Crippen LogP contribution in [-0.2, 0) is 6.54 Å². The maximum atomic E-state index is 11.9. The Bertz CT molecular complexity index is 624. The molecular formula is C17H20N2O2. The number of nitrogens with one attached hydrogen (secondary N) is 2. The zero-order valence-corrected chi connectivity index (χ0v) is 12.3. The van der Waals surface area contributed by atoms with Crippen molar-refractivity contribution in [3.05, 3.63) is 65.2 Å². The van der Waals surface area contributed by atoms with Crippen molar-refractivity contribution in [3.63, 3.8) is 0 Å². The maximum Gasteiger partial charge on any atom is 0.319 e. The minimum absolute atomic E-state index is 0.263. The van der Waals surface area contributed by atoms with Gasteiger partial charge in [0.1, 0.15) is 0 Å². The second kappa shape index (κ2) is 6.90. The molecule has 2 aromatic rings. The highest BCUT2D eigenvalue weighted by atomic mass is 16.3. The molecule has 0 heterocycles. The second-order valence-corrected chi connectivity index (χ2v) is 5.04. The van der Waals surface area contributed by atoms with Crippen molar-refractivity contribution in [2.45, 2.75) is 26.5 Å². The number of carbonyl (C=O) groups is 1. The molecule has 0 saturated heterocycles. The van der Waals surface area contributed by atoms with Gasteiger partial charge in [-0.15, -0.1) is 0 Å². The number of aliphatic hydroxyl groups excluding tert-OH is 1. The lowest BCUT2D eigenvalue weighted by Gasteiger charge is -2.11. The number of amides is 2. The van der Waals surface area contributed by atoms with Crippen LogP contribution in [0.5, 0.6) is 0 Å². The fourth-order valence-electron chi connectivity index (χ4n) is 2.04. The molecule has 2 rings (SSSR count). The zero-order chi connectivity index (χ0) is 15.2. The third-order valence-corrected chi connectivity index (χ3v) is 3.33. The largest absolute Gasteiger partial charge is 0.389 e. The Morgan fingerprint density at radius 1 is 1.19 bits per heavy atom. The third-order valence-electron chi connectivity index (χ3n) is 3.33. The van der Waals surface area contributed by atoms with Gasteiger partial charge in [-0.3, -0.25) is 0 Å². The monoisotopic (exact) mass is 284 g/mol. The number of hydrogen-bond acceptors (Lipinski definition) is 2. The van der Waals surface area contributed by atoms with Crippen LogP contribution in [0, 0.1) is 6.92 Å². The van der Waals surface area contributed by atoms with Gasteiger partial charge in [0.15, 0.2) is 0 Å². The molecule has 4 nitrogen and oxygen atoms in total. The van der Waals surface area contributed by atoms with E-state index in [2.05, 4.69) is 10.6 Å². The van der Waals surface area contributed by atoms with E-state index in [9.17, 15) is 9.90 Å². The van der Waals surface area contributed by atoms with Crippen LogP contribution in [0.25, 0.3) is 0 Å². The van der Waals surface area contributed by atoms with Gasteiger partial charge in [-0.05, 0) is 42.7 Å². The quantitative estimate of drug-likeness (QED) is 0.806. The molecule has 2 aromatic carbocycles. The summed E-state index contributed by atoms with van der Waals surface area (Å²) in [5.41, 5.74) is 3.67. The van der Waals surface area contributed by atoms with Gasteiger partial charge in [0.2, 0.25) is 0 Å². The molecular weight excluding hydrogens is 264 g/mol. The van der Waals surface area contributed by atoms with Crippen molar-refractivity contribution < 1.29 is 9.90 Å². The van der Waals surface area contributed by atoms with Gasteiger partial charge in [-0.25, -0.2) is 4.79 Å². The van der Waals surface area contributed by atoms with E-state index in [4.69, 9.17) is 0 Å². The van der Waals surface area contributed by atoms with E-state index < -0.39 is 6.10 Å². The van der Waals surface area contributed by atoms with E-state index in [0.29, 0.717) is 12.2 Å². The van der Waals surface area contributed by atoms with Crippen molar-refractivity contribution in [3.8, 4) is 0 Å². The van der Waals surface area contributed by atoms with E-state index in [0.717, 1.165) is 16.7 Å². The van der Waals surface area contributed by atoms with Gasteiger partial charge in [-0.1, -0.05) is 36.4 Å². The highest BCUT2D eigenvalue weighted by molar-refractivity contribution is 5.89. The van der Waals surface area contributed by atoms with E-state index in [1.807, 2.05) is 37.3 Å². The third kappa shape index (κ3) is 4.33. The topological polar surface area (TPSA) is 61.4 Å². The van der Waals surface area contributed by atoms with E-state index in [1.165, 1.54) is 0 Å². The molecule has 0 aromatic heterocycles. The summed E-state index contributed by atoms with van der Waals surface area (Å²) in [6.07, 6.45) is -0.554. The summed E-state index contributed by atoms with van der Waals surface area (Å²) in [7, 11) is 0. The number of rotatable bonds is 4. The Balaban J connectivity index is 1.93. The van der Waals surface area contributed by atoms with Crippen molar-refractivity contribution in [2.75, 3.05) is 5.32 Å². The first kappa shape index (κ1) is 15.1. The average Bonchev–Trinajstić information content (AvgIpc) is 2.46. The molecule has 0 saturated carbocycles. The Labute approximate surface area is 124 Å². The molecule has 3 N–H and O–H groups in total. The van der Waals surface area contributed by atoms with Crippen molar-refractivity contribution in [1.29, 1.82) is 0 Å². The fraction of sp³-hybridized carbons (Fsp3) is 0.235. The molecule has 2 amide bonds. The van der Waals surface area contributed by atoms with E-state index in [1.54, 1.807) is 25.1 Å². The molecule has 0 fully saturated rings. The number of urea groups is 1.